The average molecular weight is 403 g/mol. The van der Waals surface area contributed by atoms with Gasteiger partial charge in [0.15, 0.2) is 12.9 Å². The standard InChI is InChI=1S/C17H18ClF3N4O2/c1-22-15-13(12(9-26)3-4-23-15)8-25(2)7-11-5-14(18)16(24-6-11)27-10-17(19,20)21/h3-6,9H,7-8,10H2,1-2H3,(H,22,23). The Kier molecular flexibility index (Phi) is 6.98. The number of halogens is 4. The molecule has 0 atom stereocenters. The highest BCUT2D eigenvalue weighted by Crippen LogP contribution is 2.26. The van der Waals surface area contributed by atoms with E-state index in [1.807, 2.05) is 11.9 Å². The van der Waals surface area contributed by atoms with Crippen molar-refractivity contribution < 1.29 is 22.7 Å². The molecular formula is C17H18ClF3N4O2. The Bertz CT molecular complexity index is 802. The van der Waals surface area contributed by atoms with Gasteiger partial charge in [0.25, 0.3) is 0 Å². The smallest absolute Gasteiger partial charge is 0.422 e. The van der Waals surface area contributed by atoms with Crippen molar-refractivity contribution in [1.82, 2.24) is 14.9 Å². The van der Waals surface area contributed by atoms with E-state index in [0.717, 1.165) is 11.8 Å². The number of pyridine rings is 2. The molecule has 2 aromatic heterocycles. The number of nitrogens with one attached hydrogen (secondary N) is 1. The van der Waals surface area contributed by atoms with Crippen LogP contribution in [0.2, 0.25) is 5.02 Å². The molecule has 0 aromatic carbocycles. The van der Waals surface area contributed by atoms with Crippen molar-refractivity contribution in [1.29, 1.82) is 0 Å². The van der Waals surface area contributed by atoms with Crippen molar-refractivity contribution in [2.75, 3.05) is 26.0 Å². The Hall–Kier alpha value is -2.39. The minimum Gasteiger partial charge on any atom is -0.467 e. The highest BCUT2D eigenvalue weighted by Gasteiger charge is 2.29. The maximum Gasteiger partial charge on any atom is 0.422 e. The van der Waals surface area contributed by atoms with Crippen LogP contribution in [0.4, 0.5) is 19.0 Å². The third kappa shape index (κ3) is 6.07. The predicted octanol–water partition coefficient (Wildman–Crippen LogP) is 3.56. The van der Waals surface area contributed by atoms with E-state index < -0.39 is 12.8 Å². The number of nitrogens with zero attached hydrogens (tertiary/aromatic N) is 3. The largest absolute Gasteiger partial charge is 0.467 e. The molecule has 0 saturated carbocycles. The summed E-state index contributed by atoms with van der Waals surface area (Å²) in [5.41, 5.74) is 1.94. The highest BCUT2D eigenvalue weighted by molar-refractivity contribution is 6.31. The van der Waals surface area contributed by atoms with Crippen LogP contribution < -0.4 is 10.1 Å². The maximum absolute atomic E-state index is 12.2. The molecule has 0 saturated heterocycles. The minimum atomic E-state index is -4.46. The van der Waals surface area contributed by atoms with Crippen LogP contribution in [0.15, 0.2) is 24.5 Å². The molecule has 10 heteroatoms. The fraction of sp³-hybridized carbons (Fsp3) is 0.353. The molecule has 1 N–H and O–H groups in total. The molecule has 0 amide bonds. The Morgan fingerprint density at radius 3 is 2.67 bits per heavy atom. The van der Waals surface area contributed by atoms with Gasteiger partial charge in [-0.25, -0.2) is 9.97 Å². The topological polar surface area (TPSA) is 67.4 Å². The summed E-state index contributed by atoms with van der Waals surface area (Å²) < 4.78 is 41.2. The Morgan fingerprint density at radius 1 is 1.33 bits per heavy atom. The molecule has 146 valence electrons. The summed E-state index contributed by atoms with van der Waals surface area (Å²) in [4.78, 5) is 21.2. The lowest BCUT2D eigenvalue weighted by molar-refractivity contribution is -0.154. The Morgan fingerprint density at radius 2 is 2.07 bits per heavy atom. The highest BCUT2D eigenvalue weighted by atomic mass is 35.5. The molecule has 2 rings (SSSR count). The van der Waals surface area contributed by atoms with E-state index in [2.05, 4.69) is 20.0 Å². The number of alkyl halides is 3. The van der Waals surface area contributed by atoms with Gasteiger partial charge in [0, 0.05) is 43.7 Å². The lowest BCUT2D eigenvalue weighted by Gasteiger charge is -2.20. The summed E-state index contributed by atoms with van der Waals surface area (Å²) in [5, 5.41) is 2.94. The first-order chi connectivity index (χ1) is 12.7. The van der Waals surface area contributed by atoms with E-state index >= 15 is 0 Å². The van der Waals surface area contributed by atoms with Crippen molar-refractivity contribution in [2.45, 2.75) is 19.3 Å². The number of aldehydes is 1. The summed E-state index contributed by atoms with van der Waals surface area (Å²) in [6.45, 7) is -0.633. The maximum atomic E-state index is 12.2. The third-order valence-electron chi connectivity index (χ3n) is 3.57. The van der Waals surface area contributed by atoms with Gasteiger partial charge in [0.1, 0.15) is 10.8 Å². The van der Waals surface area contributed by atoms with Crippen LogP contribution in [0.1, 0.15) is 21.5 Å². The van der Waals surface area contributed by atoms with Gasteiger partial charge in [-0.3, -0.25) is 9.69 Å². The third-order valence-corrected chi connectivity index (χ3v) is 3.84. The zero-order chi connectivity index (χ0) is 20.0. The van der Waals surface area contributed by atoms with Crippen molar-refractivity contribution in [3.63, 3.8) is 0 Å². The zero-order valence-electron chi connectivity index (χ0n) is 14.7. The van der Waals surface area contributed by atoms with Gasteiger partial charge in [-0.2, -0.15) is 13.2 Å². The normalized spacial score (nSPS) is 11.5. The van der Waals surface area contributed by atoms with Crippen LogP contribution in [-0.4, -0.2) is 48.0 Å². The number of hydrogen-bond donors (Lipinski definition) is 1. The molecule has 0 spiro atoms. The van der Waals surface area contributed by atoms with Crippen molar-refractivity contribution in [3.8, 4) is 5.88 Å². The van der Waals surface area contributed by atoms with Gasteiger partial charge in [-0.05, 0) is 24.7 Å². The molecule has 0 fully saturated rings. The molecule has 2 heterocycles. The van der Waals surface area contributed by atoms with Crippen LogP contribution >= 0.6 is 11.6 Å². The number of anilines is 1. The number of carbonyl (C=O) groups is 1. The van der Waals surface area contributed by atoms with Gasteiger partial charge < -0.3 is 10.1 Å². The van der Waals surface area contributed by atoms with E-state index in [1.54, 1.807) is 19.3 Å². The molecule has 0 unspecified atom stereocenters. The first-order valence-corrected chi connectivity index (χ1v) is 8.24. The monoisotopic (exact) mass is 402 g/mol. The predicted molar refractivity (Wildman–Crippen MR) is 95.1 cm³/mol. The number of ether oxygens (including phenoxy) is 1. The minimum absolute atomic E-state index is 0.00368. The lowest BCUT2D eigenvalue weighted by atomic mass is 10.1. The summed E-state index contributed by atoms with van der Waals surface area (Å²) in [6, 6.07) is 3.13. The van der Waals surface area contributed by atoms with E-state index in [-0.39, 0.29) is 10.9 Å². The average Bonchev–Trinajstić information content (AvgIpc) is 2.60. The summed E-state index contributed by atoms with van der Waals surface area (Å²) in [5.74, 6) is 0.326. The molecule has 0 aliphatic carbocycles. The van der Waals surface area contributed by atoms with Crippen LogP contribution in [0.3, 0.4) is 0 Å². The van der Waals surface area contributed by atoms with Gasteiger partial charge >= 0.3 is 6.18 Å². The number of carbonyl (C=O) groups excluding carboxylic acids is 1. The van der Waals surface area contributed by atoms with Gasteiger partial charge in [-0.15, -0.1) is 0 Å². The SMILES string of the molecule is CNc1nccc(C=O)c1CN(C)Cc1cnc(OCC(F)(F)F)c(Cl)c1. The number of rotatable bonds is 8. The second-order valence-electron chi connectivity index (χ2n) is 5.80. The Balaban J connectivity index is 2.07. The molecule has 0 aliphatic heterocycles. The summed E-state index contributed by atoms with van der Waals surface area (Å²) >= 11 is 5.96. The summed E-state index contributed by atoms with van der Waals surface area (Å²) in [7, 11) is 3.53. The molecule has 0 aliphatic rings. The molecule has 6 nitrogen and oxygen atoms in total. The zero-order valence-corrected chi connectivity index (χ0v) is 15.4. The molecule has 27 heavy (non-hydrogen) atoms. The molecule has 0 bridgehead atoms. The molecule has 0 radical (unpaired) electrons. The number of hydrogen-bond acceptors (Lipinski definition) is 6. The molecular weight excluding hydrogens is 385 g/mol. The van der Waals surface area contributed by atoms with E-state index in [1.165, 1.54) is 12.3 Å². The van der Waals surface area contributed by atoms with Crippen LogP contribution in [0.5, 0.6) is 5.88 Å². The van der Waals surface area contributed by atoms with Crippen molar-refractivity contribution >= 4 is 23.7 Å². The van der Waals surface area contributed by atoms with Gasteiger partial charge in [0.05, 0.1) is 0 Å². The second kappa shape index (κ2) is 9.01. The van der Waals surface area contributed by atoms with Crippen molar-refractivity contribution in [3.05, 3.63) is 46.2 Å². The lowest BCUT2D eigenvalue weighted by Crippen LogP contribution is -2.21. The summed E-state index contributed by atoms with van der Waals surface area (Å²) in [6.07, 6.45) is -0.759. The van der Waals surface area contributed by atoms with E-state index in [4.69, 9.17) is 11.6 Å². The quantitative estimate of drug-likeness (QED) is 0.681. The first-order valence-electron chi connectivity index (χ1n) is 7.87. The van der Waals surface area contributed by atoms with Gasteiger partial charge in [-0.1, -0.05) is 11.6 Å². The van der Waals surface area contributed by atoms with E-state index in [0.29, 0.717) is 30.0 Å². The fourth-order valence-corrected chi connectivity index (χ4v) is 2.69. The van der Waals surface area contributed by atoms with Gasteiger partial charge in [0.2, 0.25) is 5.88 Å². The number of aromatic nitrogens is 2. The second-order valence-corrected chi connectivity index (χ2v) is 6.21. The molecule has 2 aromatic rings. The first kappa shape index (κ1) is 20.9. The fourth-order valence-electron chi connectivity index (χ4n) is 2.44. The van der Waals surface area contributed by atoms with Crippen molar-refractivity contribution in [2.24, 2.45) is 0 Å². The van der Waals surface area contributed by atoms with Crippen LogP contribution in [-0.2, 0) is 13.1 Å². The Labute approximate surface area is 159 Å². The van der Waals surface area contributed by atoms with E-state index in [9.17, 15) is 18.0 Å². The van der Waals surface area contributed by atoms with Crippen LogP contribution in [0.25, 0.3) is 0 Å². The van der Waals surface area contributed by atoms with Crippen LogP contribution in [0, 0.1) is 0 Å².